The minimum atomic E-state index is -0.138. The lowest BCUT2D eigenvalue weighted by Crippen LogP contribution is -2.27. The van der Waals surface area contributed by atoms with Gasteiger partial charge in [0.15, 0.2) is 11.4 Å². The van der Waals surface area contributed by atoms with Crippen LogP contribution in [0.25, 0.3) is 28.1 Å². The molecule has 0 radical (unpaired) electrons. The van der Waals surface area contributed by atoms with Gasteiger partial charge >= 0.3 is 0 Å². The number of hydrogen-bond acceptors (Lipinski definition) is 5. The van der Waals surface area contributed by atoms with Gasteiger partial charge in [-0.05, 0) is 36.2 Å². The minimum Gasteiger partial charge on any atom is -0.454 e. The second-order valence-corrected chi connectivity index (χ2v) is 6.99. The molecule has 0 aliphatic rings. The van der Waals surface area contributed by atoms with Gasteiger partial charge in [-0.25, -0.2) is 9.50 Å². The molecule has 0 amide bonds. The molecule has 2 aromatic carbocycles. The first kappa shape index (κ1) is 17.5. The van der Waals surface area contributed by atoms with Gasteiger partial charge in [-0.2, -0.15) is 0 Å². The summed E-state index contributed by atoms with van der Waals surface area (Å²) in [5, 5.41) is 18.9. The van der Waals surface area contributed by atoms with Gasteiger partial charge in [-0.1, -0.05) is 48.5 Å². The third-order valence-corrected chi connectivity index (χ3v) is 4.94. The Bertz CT molecular complexity index is 1230. The van der Waals surface area contributed by atoms with Crippen molar-refractivity contribution in [2.45, 2.75) is 12.5 Å². The summed E-state index contributed by atoms with van der Waals surface area (Å²) >= 11 is 0. The van der Waals surface area contributed by atoms with Crippen LogP contribution in [0.15, 0.2) is 83.4 Å². The van der Waals surface area contributed by atoms with Gasteiger partial charge in [0.1, 0.15) is 17.1 Å². The molecule has 5 aromatic rings. The lowest BCUT2D eigenvalue weighted by Gasteiger charge is -2.17. The Morgan fingerprint density at radius 3 is 2.66 bits per heavy atom. The standard InChI is InChI=1S/C23H20N4O2/c28-15-18(12-16-6-2-1-3-7-16)25-22-10-11-23-24-14-19(27(23)26-22)21-13-17-8-4-5-9-20(17)29-21/h1-11,13-14,18,28H,12,15H2,(H,25,26)/t18-/m0/s1. The van der Waals surface area contributed by atoms with Crippen molar-refractivity contribution in [3.63, 3.8) is 0 Å². The van der Waals surface area contributed by atoms with E-state index in [4.69, 9.17) is 4.42 Å². The zero-order chi connectivity index (χ0) is 19.6. The number of fused-ring (bicyclic) bond motifs is 2. The van der Waals surface area contributed by atoms with Crippen LogP contribution in [0.3, 0.4) is 0 Å². The molecule has 6 nitrogen and oxygen atoms in total. The molecular weight excluding hydrogens is 364 g/mol. The maximum Gasteiger partial charge on any atom is 0.155 e. The lowest BCUT2D eigenvalue weighted by molar-refractivity contribution is 0.273. The molecule has 1 atom stereocenters. The van der Waals surface area contributed by atoms with Crippen LogP contribution in [0.2, 0.25) is 0 Å². The summed E-state index contributed by atoms with van der Waals surface area (Å²) in [7, 11) is 0. The number of para-hydroxylation sites is 1. The van der Waals surface area contributed by atoms with E-state index < -0.39 is 0 Å². The van der Waals surface area contributed by atoms with Crippen molar-refractivity contribution in [2.24, 2.45) is 0 Å². The predicted octanol–water partition coefficient (Wildman–Crippen LogP) is 4.16. The summed E-state index contributed by atoms with van der Waals surface area (Å²) in [5.74, 6) is 1.38. The number of aliphatic hydroxyl groups is 1. The third kappa shape index (κ3) is 3.46. The molecule has 144 valence electrons. The molecule has 0 spiro atoms. The molecule has 2 N–H and O–H groups in total. The van der Waals surface area contributed by atoms with Gasteiger partial charge < -0.3 is 14.8 Å². The van der Waals surface area contributed by atoms with Crippen molar-refractivity contribution >= 4 is 22.4 Å². The van der Waals surface area contributed by atoms with Crippen molar-refractivity contribution in [1.82, 2.24) is 14.6 Å². The first-order chi connectivity index (χ1) is 14.3. The number of aromatic nitrogens is 3. The van der Waals surface area contributed by atoms with E-state index in [-0.39, 0.29) is 12.6 Å². The Morgan fingerprint density at radius 2 is 1.83 bits per heavy atom. The Kier molecular flexibility index (Phi) is 4.46. The zero-order valence-corrected chi connectivity index (χ0v) is 15.7. The molecule has 0 aliphatic carbocycles. The number of imidazole rings is 1. The smallest absolute Gasteiger partial charge is 0.155 e. The van der Waals surface area contributed by atoms with Crippen LogP contribution in [0, 0.1) is 0 Å². The summed E-state index contributed by atoms with van der Waals surface area (Å²) in [6.45, 7) is 0.00890. The van der Waals surface area contributed by atoms with Crippen LogP contribution in [0.4, 0.5) is 5.82 Å². The molecule has 3 heterocycles. The topological polar surface area (TPSA) is 75.6 Å². The second-order valence-electron chi connectivity index (χ2n) is 6.99. The van der Waals surface area contributed by atoms with Crippen molar-refractivity contribution in [2.75, 3.05) is 11.9 Å². The molecule has 5 rings (SSSR count). The Hall–Kier alpha value is -3.64. The predicted molar refractivity (Wildman–Crippen MR) is 113 cm³/mol. The normalized spacial score (nSPS) is 12.4. The maximum atomic E-state index is 9.81. The van der Waals surface area contributed by atoms with E-state index in [0.717, 1.165) is 27.9 Å². The Balaban J connectivity index is 1.45. The quantitative estimate of drug-likeness (QED) is 0.460. The first-order valence-corrected chi connectivity index (χ1v) is 9.55. The average molecular weight is 384 g/mol. The summed E-state index contributed by atoms with van der Waals surface area (Å²) in [6, 6.07) is 23.6. The van der Waals surface area contributed by atoms with Crippen molar-refractivity contribution < 1.29 is 9.52 Å². The van der Waals surface area contributed by atoms with Crippen LogP contribution in [0.1, 0.15) is 5.56 Å². The lowest BCUT2D eigenvalue weighted by atomic mass is 10.1. The fraction of sp³-hybridized carbons (Fsp3) is 0.130. The molecule has 6 heteroatoms. The molecule has 0 saturated carbocycles. The minimum absolute atomic E-state index is 0.00890. The summed E-state index contributed by atoms with van der Waals surface area (Å²) in [6.07, 6.45) is 2.47. The van der Waals surface area contributed by atoms with E-state index in [0.29, 0.717) is 18.0 Å². The highest BCUT2D eigenvalue weighted by atomic mass is 16.3. The summed E-state index contributed by atoms with van der Waals surface area (Å²) in [4.78, 5) is 4.44. The van der Waals surface area contributed by atoms with Gasteiger partial charge in [0.05, 0.1) is 18.8 Å². The first-order valence-electron chi connectivity index (χ1n) is 9.55. The molecule has 0 unspecified atom stereocenters. The van der Waals surface area contributed by atoms with E-state index in [2.05, 4.69) is 27.5 Å². The van der Waals surface area contributed by atoms with Crippen LogP contribution in [-0.4, -0.2) is 32.4 Å². The monoisotopic (exact) mass is 384 g/mol. The highest BCUT2D eigenvalue weighted by molar-refractivity contribution is 5.82. The number of hydrogen-bond donors (Lipinski definition) is 2. The molecule has 0 saturated heterocycles. The Morgan fingerprint density at radius 1 is 1.00 bits per heavy atom. The van der Waals surface area contributed by atoms with Crippen LogP contribution >= 0.6 is 0 Å². The molecule has 3 aromatic heterocycles. The summed E-state index contributed by atoms with van der Waals surface area (Å²) < 4.78 is 7.74. The summed E-state index contributed by atoms with van der Waals surface area (Å²) in [5.41, 5.74) is 3.50. The fourth-order valence-electron chi connectivity index (χ4n) is 3.50. The largest absolute Gasteiger partial charge is 0.454 e. The van der Waals surface area contributed by atoms with Gasteiger partial charge in [0.2, 0.25) is 0 Å². The van der Waals surface area contributed by atoms with Gasteiger partial charge in [0, 0.05) is 5.39 Å². The number of aliphatic hydroxyl groups excluding tert-OH is 1. The number of nitrogens with one attached hydrogen (secondary N) is 1. The highest BCUT2D eigenvalue weighted by Gasteiger charge is 2.14. The van der Waals surface area contributed by atoms with Crippen LogP contribution in [0.5, 0.6) is 0 Å². The van der Waals surface area contributed by atoms with Crippen molar-refractivity contribution in [1.29, 1.82) is 0 Å². The highest BCUT2D eigenvalue weighted by Crippen LogP contribution is 2.28. The SMILES string of the molecule is OC[C@H](Cc1ccccc1)Nc1ccc2ncc(-c3cc4ccccc4o3)n2n1. The van der Waals surface area contributed by atoms with E-state index >= 15 is 0 Å². The van der Waals surface area contributed by atoms with Gasteiger partial charge in [-0.3, -0.25) is 0 Å². The molecule has 0 bridgehead atoms. The maximum absolute atomic E-state index is 9.81. The number of furan rings is 1. The van der Waals surface area contributed by atoms with Crippen LogP contribution < -0.4 is 5.32 Å². The van der Waals surface area contributed by atoms with E-state index in [1.807, 2.05) is 60.7 Å². The molecule has 0 aliphatic heterocycles. The number of nitrogens with zero attached hydrogens (tertiary/aromatic N) is 3. The van der Waals surface area contributed by atoms with E-state index in [1.54, 1.807) is 10.7 Å². The van der Waals surface area contributed by atoms with Crippen LogP contribution in [-0.2, 0) is 6.42 Å². The third-order valence-electron chi connectivity index (χ3n) is 4.94. The molecule has 29 heavy (non-hydrogen) atoms. The van der Waals surface area contributed by atoms with Gasteiger partial charge in [-0.15, -0.1) is 5.10 Å². The average Bonchev–Trinajstić information content (AvgIpc) is 3.37. The fourth-order valence-corrected chi connectivity index (χ4v) is 3.50. The molecule has 0 fully saturated rings. The second kappa shape index (κ2) is 7.41. The zero-order valence-electron chi connectivity index (χ0n) is 15.7. The number of benzene rings is 2. The van der Waals surface area contributed by atoms with Crippen molar-refractivity contribution in [3.05, 3.63) is 84.6 Å². The Labute approximate surface area is 167 Å². The molecular formula is C23H20N4O2. The van der Waals surface area contributed by atoms with Gasteiger partial charge in [0.25, 0.3) is 0 Å². The van der Waals surface area contributed by atoms with E-state index in [1.165, 1.54) is 0 Å². The van der Waals surface area contributed by atoms with E-state index in [9.17, 15) is 5.11 Å². The number of rotatable bonds is 6. The van der Waals surface area contributed by atoms with Crippen molar-refractivity contribution in [3.8, 4) is 11.5 Å². The number of anilines is 1.